The highest BCUT2D eigenvalue weighted by atomic mass is 16.7. The van der Waals surface area contributed by atoms with E-state index in [1.54, 1.807) is 0 Å². The van der Waals surface area contributed by atoms with Gasteiger partial charge in [-0.25, -0.2) is 15.0 Å². The van der Waals surface area contributed by atoms with Crippen LogP contribution in [0.25, 0.3) is 11.2 Å². The van der Waals surface area contributed by atoms with E-state index in [0.717, 1.165) is 5.56 Å². The van der Waals surface area contributed by atoms with Gasteiger partial charge in [-0.05, 0) is 5.56 Å². The van der Waals surface area contributed by atoms with Gasteiger partial charge in [0.1, 0.15) is 49.1 Å². The van der Waals surface area contributed by atoms with Crippen LogP contribution in [0.4, 0.5) is 5.82 Å². The summed E-state index contributed by atoms with van der Waals surface area (Å²) in [7, 11) is 0. The van der Waals surface area contributed by atoms with Crippen molar-refractivity contribution in [1.82, 2.24) is 19.5 Å². The van der Waals surface area contributed by atoms with E-state index in [1.165, 1.54) is 17.2 Å². The van der Waals surface area contributed by atoms with Crippen LogP contribution in [0.3, 0.4) is 0 Å². The number of anilines is 1. The number of rotatable bonds is 8. The molecule has 2 fully saturated rings. The normalized spacial score (nSPS) is 34.2. The van der Waals surface area contributed by atoms with E-state index in [4.69, 9.17) is 14.2 Å². The second-order valence-electron chi connectivity index (χ2n) is 8.96. The molecule has 37 heavy (non-hydrogen) atoms. The van der Waals surface area contributed by atoms with E-state index in [2.05, 4.69) is 20.3 Å². The standard InChI is InChI=1S/C23H29N5O9/c29-7-12-15(30)17(32)19(34)23(37-12)35-8-13-16(31)18(33)22(36-13)28-10-27-14-20(25-9-26-21(14)28)24-6-11-4-2-1-3-5-11/h1-5,9-10,12-13,15-19,22-23,29-34H,6-8H2,(H,24,25,26)/t12-,13-,15-,16-,17+,18-,19+,22-,23?/m1/s1. The molecule has 4 heterocycles. The summed E-state index contributed by atoms with van der Waals surface area (Å²) in [6, 6.07) is 9.74. The number of hydrogen-bond donors (Lipinski definition) is 7. The van der Waals surface area contributed by atoms with Gasteiger partial charge in [0.15, 0.2) is 29.5 Å². The highest BCUT2D eigenvalue weighted by Gasteiger charge is 2.47. The van der Waals surface area contributed by atoms with Crippen LogP contribution in [-0.2, 0) is 20.8 Å². The van der Waals surface area contributed by atoms with E-state index >= 15 is 0 Å². The van der Waals surface area contributed by atoms with Gasteiger partial charge in [-0.1, -0.05) is 30.3 Å². The van der Waals surface area contributed by atoms with Crippen molar-refractivity contribution in [2.45, 2.75) is 61.8 Å². The fourth-order valence-corrected chi connectivity index (χ4v) is 4.44. The SMILES string of the molecule is OC[C@H]1OC(OC[C@H]2O[C@@H](n3cnc4c(NCc5ccccc5)ncnc43)[C@H](O)[C@@H]2O)[C@@H](O)[C@@H](O)[C@@H]1O. The zero-order valence-electron chi connectivity index (χ0n) is 19.6. The molecule has 0 bridgehead atoms. The molecule has 0 amide bonds. The molecule has 0 aliphatic carbocycles. The van der Waals surface area contributed by atoms with E-state index in [-0.39, 0.29) is 6.61 Å². The topological polar surface area (TPSA) is 205 Å². The number of fused-ring (bicyclic) bond motifs is 1. The lowest BCUT2D eigenvalue weighted by molar-refractivity contribution is -0.306. The van der Waals surface area contributed by atoms with Gasteiger partial charge in [0.05, 0.1) is 19.5 Å². The molecule has 3 aromatic rings. The average Bonchev–Trinajstić information content (AvgIpc) is 3.47. The molecular formula is C23H29N5O9. The van der Waals surface area contributed by atoms with Gasteiger partial charge in [0.2, 0.25) is 0 Å². The summed E-state index contributed by atoms with van der Waals surface area (Å²) in [6.07, 6.45) is -9.33. The zero-order chi connectivity index (χ0) is 26.1. The first-order valence-corrected chi connectivity index (χ1v) is 11.8. The van der Waals surface area contributed by atoms with Crippen LogP contribution in [0, 0.1) is 0 Å². The van der Waals surface area contributed by atoms with Crippen LogP contribution in [0.5, 0.6) is 0 Å². The first kappa shape index (κ1) is 25.8. The second-order valence-corrected chi connectivity index (χ2v) is 8.96. The largest absolute Gasteiger partial charge is 0.394 e. The quantitative estimate of drug-likeness (QED) is 0.170. The van der Waals surface area contributed by atoms with E-state index in [1.807, 2.05) is 30.3 Å². The maximum Gasteiger partial charge on any atom is 0.186 e. The molecule has 2 aliphatic rings. The molecule has 1 unspecified atom stereocenters. The Morgan fingerprint density at radius 1 is 0.865 bits per heavy atom. The Labute approximate surface area is 210 Å². The van der Waals surface area contributed by atoms with E-state index < -0.39 is 61.9 Å². The number of aliphatic hydroxyl groups is 6. The Hall–Kier alpha value is -2.79. The van der Waals surface area contributed by atoms with Crippen molar-refractivity contribution in [2.75, 3.05) is 18.5 Å². The molecule has 9 atom stereocenters. The third kappa shape index (κ3) is 5.03. The van der Waals surface area contributed by atoms with Gasteiger partial charge in [-0.2, -0.15) is 0 Å². The average molecular weight is 520 g/mol. The summed E-state index contributed by atoms with van der Waals surface area (Å²) in [5.74, 6) is 0.489. The minimum absolute atomic E-state index is 0.330. The van der Waals surface area contributed by atoms with E-state index in [0.29, 0.717) is 23.5 Å². The number of ether oxygens (including phenoxy) is 3. The molecule has 2 saturated heterocycles. The first-order valence-electron chi connectivity index (χ1n) is 11.8. The predicted molar refractivity (Wildman–Crippen MR) is 125 cm³/mol. The van der Waals surface area contributed by atoms with Crippen LogP contribution in [0.15, 0.2) is 43.0 Å². The smallest absolute Gasteiger partial charge is 0.186 e. The number of aliphatic hydroxyl groups excluding tert-OH is 6. The van der Waals surface area contributed by atoms with Gasteiger partial charge >= 0.3 is 0 Å². The summed E-state index contributed by atoms with van der Waals surface area (Å²) in [6.45, 7) is -0.423. The highest BCUT2D eigenvalue weighted by Crippen LogP contribution is 2.33. The Morgan fingerprint density at radius 2 is 1.62 bits per heavy atom. The molecule has 14 heteroatoms. The molecule has 14 nitrogen and oxygen atoms in total. The zero-order valence-corrected chi connectivity index (χ0v) is 19.6. The number of hydrogen-bond acceptors (Lipinski definition) is 13. The van der Waals surface area contributed by atoms with Crippen LogP contribution in [0.2, 0.25) is 0 Å². The van der Waals surface area contributed by atoms with Gasteiger partial charge in [0, 0.05) is 6.54 Å². The summed E-state index contributed by atoms with van der Waals surface area (Å²) in [5, 5.41) is 63.8. The maximum absolute atomic E-state index is 10.7. The van der Waals surface area contributed by atoms with Crippen molar-refractivity contribution in [3.63, 3.8) is 0 Å². The van der Waals surface area contributed by atoms with Gasteiger partial charge in [-0.3, -0.25) is 4.57 Å². The lowest BCUT2D eigenvalue weighted by atomic mass is 9.99. The fraction of sp³-hybridized carbons (Fsp3) is 0.522. The van der Waals surface area contributed by atoms with Crippen molar-refractivity contribution in [3.8, 4) is 0 Å². The molecule has 0 radical (unpaired) electrons. The lowest BCUT2D eigenvalue weighted by Gasteiger charge is -2.39. The van der Waals surface area contributed by atoms with Gasteiger partial charge in [0.25, 0.3) is 0 Å². The van der Waals surface area contributed by atoms with Crippen LogP contribution < -0.4 is 5.32 Å². The molecule has 0 spiro atoms. The van der Waals surface area contributed by atoms with Crippen molar-refractivity contribution in [1.29, 1.82) is 0 Å². The van der Waals surface area contributed by atoms with Crippen molar-refractivity contribution < 1.29 is 44.8 Å². The fourth-order valence-electron chi connectivity index (χ4n) is 4.44. The molecule has 7 N–H and O–H groups in total. The van der Waals surface area contributed by atoms with E-state index in [9.17, 15) is 30.6 Å². The molecule has 2 aliphatic heterocycles. The van der Waals surface area contributed by atoms with Crippen molar-refractivity contribution in [2.24, 2.45) is 0 Å². The van der Waals surface area contributed by atoms with Crippen molar-refractivity contribution >= 4 is 17.0 Å². The number of nitrogens with zero attached hydrogens (tertiary/aromatic N) is 4. The highest BCUT2D eigenvalue weighted by molar-refractivity contribution is 5.82. The summed E-state index contributed by atoms with van der Waals surface area (Å²) < 4.78 is 18.1. The Balaban J connectivity index is 1.27. The molecule has 200 valence electrons. The summed E-state index contributed by atoms with van der Waals surface area (Å²) in [5.41, 5.74) is 1.87. The second kappa shape index (κ2) is 10.9. The number of nitrogens with one attached hydrogen (secondary N) is 1. The van der Waals surface area contributed by atoms with Crippen LogP contribution in [-0.4, -0.2) is 112 Å². The van der Waals surface area contributed by atoms with Gasteiger partial charge < -0.3 is 50.2 Å². The molecule has 1 aromatic carbocycles. The van der Waals surface area contributed by atoms with Gasteiger partial charge in [-0.15, -0.1) is 0 Å². The molecule has 2 aromatic heterocycles. The Kier molecular flexibility index (Phi) is 7.62. The maximum atomic E-state index is 10.7. The minimum atomic E-state index is -1.61. The summed E-state index contributed by atoms with van der Waals surface area (Å²) in [4.78, 5) is 12.9. The van der Waals surface area contributed by atoms with Crippen molar-refractivity contribution in [3.05, 3.63) is 48.5 Å². The first-order chi connectivity index (χ1) is 17.9. The van der Waals surface area contributed by atoms with Crippen LogP contribution >= 0.6 is 0 Å². The Morgan fingerprint density at radius 3 is 2.38 bits per heavy atom. The monoisotopic (exact) mass is 519 g/mol. The Bertz CT molecular complexity index is 1180. The molecule has 5 rings (SSSR count). The third-order valence-corrected chi connectivity index (χ3v) is 6.55. The molecular weight excluding hydrogens is 490 g/mol. The lowest BCUT2D eigenvalue weighted by Crippen LogP contribution is -2.59. The van der Waals surface area contributed by atoms with Crippen LogP contribution in [0.1, 0.15) is 11.8 Å². The number of imidazole rings is 1. The third-order valence-electron chi connectivity index (χ3n) is 6.55. The predicted octanol–water partition coefficient (Wildman–Crippen LogP) is -2.13. The molecule has 0 saturated carbocycles. The minimum Gasteiger partial charge on any atom is -0.394 e. The number of benzene rings is 1. The summed E-state index contributed by atoms with van der Waals surface area (Å²) >= 11 is 0. The number of aromatic nitrogens is 4.